The van der Waals surface area contributed by atoms with Gasteiger partial charge in [0.1, 0.15) is 6.07 Å². The number of carboxylic acids is 1. The second kappa shape index (κ2) is 4.31. The molecule has 0 aliphatic heterocycles. The van der Waals surface area contributed by atoms with Crippen LogP contribution in [0.25, 0.3) is 0 Å². The Hall–Kier alpha value is -1.55. The van der Waals surface area contributed by atoms with Crippen LogP contribution >= 0.6 is 15.9 Å². The molecule has 1 aromatic rings. The lowest BCUT2D eigenvalue weighted by atomic mass is 10.1. The highest BCUT2D eigenvalue weighted by molar-refractivity contribution is 9.10. The number of carboxylic acid groups (broad SMARTS) is 1. The molecule has 4 nitrogen and oxygen atoms in total. The van der Waals surface area contributed by atoms with Crippen LogP contribution in [0.4, 0.5) is 8.78 Å². The summed E-state index contributed by atoms with van der Waals surface area (Å²) in [5.74, 6) is -1.56. The first kappa shape index (κ1) is 11.5. The van der Waals surface area contributed by atoms with Gasteiger partial charge in [0.25, 0.3) is 6.43 Å². The first-order chi connectivity index (χ1) is 6.99. The summed E-state index contributed by atoms with van der Waals surface area (Å²) >= 11 is 2.76. The van der Waals surface area contributed by atoms with Crippen molar-refractivity contribution >= 4 is 21.9 Å². The van der Waals surface area contributed by atoms with Crippen molar-refractivity contribution in [3.63, 3.8) is 0 Å². The van der Waals surface area contributed by atoms with E-state index in [0.29, 0.717) is 0 Å². The fourth-order valence-corrected chi connectivity index (χ4v) is 1.50. The number of nitriles is 1. The van der Waals surface area contributed by atoms with E-state index in [-0.39, 0.29) is 10.0 Å². The van der Waals surface area contributed by atoms with Gasteiger partial charge in [-0.2, -0.15) is 5.26 Å². The van der Waals surface area contributed by atoms with Gasteiger partial charge in [0.15, 0.2) is 5.69 Å². The molecule has 15 heavy (non-hydrogen) atoms. The summed E-state index contributed by atoms with van der Waals surface area (Å²) < 4.78 is 24.8. The number of alkyl halides is 2. The van der Waals surface area contributed by atoms with E-state index in [4.69, 9.17) is 10.4 Å². The number of carbonyl (C=O) groups is 1. The van der Waals surface area contributed by atoms with Crippen molar-refractivity contribution in [2.24, 2.45) is 0 Å². The summed E-state index contributed by atoms with van der Waals surface area (Å²) in [5, 5.41) is 17.1. The molecule has 0 fully saturated rings. The monoisotopic (exact) mass is 276 g/mol. The Balaban J connectivity index is 3.53. The summed E-state index contributed by atoms with van der Waals surface area (Å²) in [4.78, 5) is 13.9. The van der Waals surface area contributed by atoms with Gasteiger partial charge in [-0.25, -0.2) is 18.6 Å². The second-order valence-corrected chi connectivity index (χ2v) is 3.26. The first-order valence-electron chi connectivity index (χ1n) is 3.59. The van der Waals surface area contributed by atoms with Crippen molar-refractivity contribution in [3.05, 3.63) is 27.5 Å². The van der Waals surface area contributed by atoms with Crippen LogP contribution in [-0.4, -0.2) is 16.1 Å². The van der Waals surface area contributed by atoms with Gasteiger partial charge < -0.3 is 5.11 Å². The molecule has 0 aromatic carbocycles. The van der Waals surface area contributed by atoms with E-state index < -0.39 is 23.7 Å². The minimum absolute atomic E-state index is 0.129. The van der Waals surface area contributed by atoms with E-state index in [2.05, 4.69) is 20.9 Å². The summed E-state index contributed by atoms with van der Waals surface area (Å²) in [5.41, 5.74) is -1.66. The van der Waals surface area contributed by atoms with Crippen molar-refractivity contribution in [1.29, 1.82) is 5.26 Å². The van der Waals surface area contributed by atoms with Gasteiger partial charge in [-0.1, -0.05) is 0 Å². The van der Waals surface area contributed by atoms with Gasteiger partial charge in [-0.3, -0.25) is 0 Å². The van der Waals surface area contributed by atoms with Crippen LogP contribution in [0, 0.1) is 11.3 Å². The third-order valence-electron chi connectivity index (χ3n) is 1.59. The molecule has 0 atom stereocenters. The lowest BCUT2D eigenvalue weighted by Gasteiger charge is -2.07. The molecule has 0 bridgehead atoms. The van der Waals surface area contributed by atoms with E-state index in [9.17, 15) is 13.6 Å². The number of hydrogen-bond acceptors (Lipinski definition) is 3. The number of halogens is 3. The van der Waals surface area contributed by atoms with Crippen molar-refractivity contribution in [1.82, 2.24) is 4.98 Å². The van der Waals surface area contributed by atoms with E-state index in [1.165, 1.54) is 0 Å². The largest absolute Gasteiger partial charge is 0.476 e. The number of rotatable bonds is 2. The Morgan fingerprint density at radius 3 is 2.67 bits per heavy atom. The maximum absolute atomic E-state index is 12.5. The van der Waals surface area contributed by atoms with Crippen LogP contribution in [-0.2, 0) is 0 Å². The third kappa shape index (κ3) is 2.10. The second-order valence-electron chi connectivity index (χ2n) is 2.47. The van der Waals surface area contributed by atoms with E-state index >= 15 is 0 Å². The zero-order chi connectivity index (χ0) is 11.6. The maximum Gasteiger partial charge on any atom is 0.355 e. The lowest BCUT2D eigenvalue weighted by Crippen LogP contribution is -2.08. The summed E-state index contributed by atoms with van der Waals surface area (Å²) in [6.07, 6.45) is -2.08. The average molecular weight is 277 g/mol. The van der Waals surface area contributed by atoms with Crippen LogP contribution in [0.2, 0.25) is 0 Å². The number of hydrogen-bond donors (Lipinski definition) is 1. The van der Waals surface area contributed by atoms with Crippen LogP contribution < -0.4 is 0 Å². The minimum atomic E-state index is -3.01. The normalized spacial score (nSPS) is 10.1. The van der Waals surface area contributed by atoms with Gasteiger partial charge in [-0.15, -0.1) is 0 Å². The lowest BCUT2D eigenvalue weighted by molar-refractivity contribution is 0.0676. The molecule has 1 aromatic heterocycles. The van der Waals surface area contributed by atoms with E-state index in [0.717, 1.165) is 6.20 Å². The standard InChI is InChI=1S/C8H3BrF2N2O2/c9-5-3(1-12)2-13-6(8(14)15)4(5)7(10)11/h2,7H,(H,14,15). The Kier molecular flexibility index (Phi) is 3.31. The highest BCUT2D eigenvalue weighted by atomic mass is 79.9. The summed E-state index contributed by atoms with van der Waals surface area (Å²) in [6.45, 7) is 0. The SMILES string of the molecule is N#Cc1cnc(C(=O)O)c(C(F)F)c1Br. The molecule has 0 unspecified atom stereocenters. The molecule has 7 heteroatoms. The van der Waals surface area contributed by atoms with Crippen LogP contribution in [0.15, 0.2) is 10.7 Å². The number of pyridine rings is 1. The predicted molar refractivity (Wildman–Crippen MR) is 48.6 cm³/mol. The van der Waals surface area contributed by atoms with Crippen LogP contribution in [0.5, 0.6) is 0 Å². The maximum atomic E-state index is 12.5. The van der Waals surface area contributed by atoms with Crippen molar-refractivity contribution in [2.75, 3.05) is 0 Å². The summed E-state index contributed by atoms with van der Waals surface area (Å²) in [6, 6.07) is 1.62. The van der Waals surface area contributed by atoms with E-state index in [1.807, 2.05) is 0 Å². The van der Waals surface area contributed by atoms with Crippen molar-refractivity contribution < 1.29 is 18.7 Å². The van der Waals surface area contributed by atoms with Gasteiger partial charge in [0.2, 0.25) is 0 Å². The molecular weight excluding hydrogens is 274 g/mol. The fourth-order valence-electron chi connectivity index (χ4n) is 0.952. The average Bonchev–Trinajstić information content (AvgIpc) is 2.16. The Bertz CT molecular complexity index is 457. The number of nitrogens with zero attached hydrogens (tertiary/aromatic N) is 2. The smallest absolute Gasteiger partial charge is 0.355 e. The summed E-state index contributed by atoms with van der Waals surface area (Å²) in [7, 11) is 0. The van der Waals surface area contributed by atoms with Gasteiger partial charge in [0.05, 0.1) is 11.1 Å². The van der Waals surface area contributed by atoms with Gasteiger partial charge in [0, 0.05) is 10.7 Å². The molecular formula is C8H3BrF2N2O2. The Labute approximate surface area is 91.3 Å². The molecule has 0 amide bonds. The molecule has 0 radical (unpaired) electrons. The zero-order valence-electron chi connectivity index (χ0n) is 7.04. The predicted octanol–water partition coefficient (Wildman–Crippen LogP) is 2.35. The highest BCUT2D eigenvalue weighted by Crippen LogP contribution is 2.31. The van der Waals surface area contributed by atoms with Crippen molar-refractivity contribution in [2.45, 2.75) is 6.43 Å². The molecule has 0 saturated heterocycles. The molecule has 1 rings (SSSR count). The van der Waals surface area contributed by atoms with Gasteiger partial charge >= 0.3 is 5.97 Å². The first-order valence-corrected chi connectivity index (χ1v) is 4.38. The number of aromatic carboxylic acids is 1. The molecule has 1 heterocycles. The van der Waals surface area contributed by atoms with Crippen LogP contribution in [0.1, 0.15) is 28.0 Å². The molecule has 0 spiro atoms. The highest BCUT2D eigenvalue weighted by Gasteiger charge is 2.24. The Morgan fingerprint density at radius 1 is 1.67 bits per heavy atom. The quantitative estimate of drug-likeness (QED) is 0.900. The third-order valence-corrected chi connectivity index (χ3v) is 2.45. The topological polar surface area (TPSA) is 74.0 Å². The van der Waals surface area contributed by atoms with E-state index in [1.54, 1.807) is 6.07 Å². The molecule has 0 aliphatic rings. The molecule has 78 valence electrons. The van der Waals surface area contributed by atoms with Crippen LogP contribution in [0.3, 0.4) is 0 Å². The molecule has 1 N–H and O–H groups in total. The van der Waals surface area contributed by atoms with Crippen molar-refractivity contribution in [3.8, 4) is 6.07 Å². The van der Waals surface area contributed by atoms with Gasteiger partial charge in [-0.05, 0) is 15.9 Å². The molecule has 0 saturated carbocycles. The number of aromatic nitrogens is 1. The molecule has 0 aliphatic carbocycles. The zero-order valence-corrected chi connectivity index (χ0v) is 8.62. The Morgan fingerprint density at radius 2 is 2.27 bits per heavy atom. The minimum Gasteiger partial charge on any atom is -0.476 e. The fraction of sp³-hybridized carbons (Fsp3) is 0.125.